The summed E-state index contributed by atoms with van der Waals surface area (Å²) in [5.41, 5.74) is -0.809. The zero-order valence-electron chi connectivity index (χ0n) is 18.5. The molecule has 2 aromatic rings. The zero-order valence-corrected chi connectivity index (χ0v) is 18.5. The molecule has 1 aromatic carbocycles. The van der Waals surface area contributed by atoms with Gasteiger partial charge in [-0.3, -0.25) is 4.79 Å². The summed E-state index contributed by atoms with van der Waals surface area (Å²) in [5.74, 6) is 1.01. The van der Waals surface area contributed by atoms with Crippen molar-refractivity contribution in [3.05, 3.63) is 42.0 Å². The number of hydrogen-bond donors (Lipinski definition) is 0. The Bertz CT molecular complexity index is 942. The standard InChI is InChI=1S/C23H29F2N3O3/c1-5-28-21(23(25)12-13-23)26-20(27-28)17-7-9-18(10-8-17)30-15-16(14-24)6-11-19(29)31-22(2,3)4/h7-10,14H,5-6,11-13,15H2,1-4H3/b16-14+. The van der Waals surface area contributed by atoms with E-state index in [2.05, 4.69) is 10.1 Å². The topological polar surface area (TPSA) is 66.2 Å². The second-order valence-corrected chi connectivity index (χ2v) is 8.71. The van der Waals surface area contributed by atoms with Gasteiger partial charge in [0, 0.05) is 18.5 Å². The Morgan fingerprint density at radius 3 is 2.45 bits per heavy atom. The number of ether oxygens (including phenoxy) is 2. The lowest BCUT2D eigenvalue weighted by molar-refractivity contribution is -0.154. The summed E-state index contributed by atoms with van der Waals surface area (Å²) in [6.45, 7) is 7.84. The maximum atomic E-state index is 14.5. The summed E-state index contributed by atoms with van der Waals surface area (Å²) in [6, 6.07) is 7.03. The van der Waals surface area contributed by atoms with Gasteiger partial charge in [-0.05, 0) is 76.8 Å². The molecule has 6 nitrogen and oxygen atoms in total. The fourth-order valence-corrected chi connectivity index (χ4v) is 3.04. The van der Waals surface area contributed by atoms with Crippen molar-refractivity contribution in [3.63, 3.8) is 0 Å². The van der Waals surface area contributed by atoms with Gasteiger partial charge in [0.15, 0.2) is 17.3 Å². The van der Waals surface area contributed by atoms with E-state index in [0.717, 1.165) is 5.56 Å². The number of aryl methyl sites for hydroxylation is 1. The molecule has 0 radical (unpaired) electrons. The van der Waals surface area contributed by atoms with Crippen LogP contribution in [0.25, 0.3) is 11.4 Å². The molecule has 1 fully saturated rings. The lowest BCUT2D eigenvalue weighted by Gasteiger charge is -2.19. The van der Waals surface area contributed by atoms with Gasteiger partial charge in [-0.15, -0.1) is 0 Å². The number of hydrogen-bond acceptors (Lipinski definition) is 5. The number of halogens is 2. The number of nitrogens with zero attached hydrogens (tertiary/aromatic N) is 3. The monoisotopic (exact) mass is 433 g/mol. The highest BCUT2D eigenvalue weighted by atomic mass is 19.1. The number of aromatic nitrogens is 3. The van der Waals surface area contributed by atoms with Crippen molar-refractivity contribution in [2.75, 3.05) is 6.61 Å². The third kappa shape index (κ3) is 6.12. The lowest BCUT2D eigenvalue weighted by atomic mass is 10.1. The van der Waals surface area contributed by atoms with E-state index in [1.807, 2.05) is 6.92 Å². The molecule has 1 heterocycles. The number of carbonyl (C=O) groups excluding carboxylic acids is 1. The summed E-state index contributed by atoms with van der Waals surface area (Å²) >= 11 is 0. The first-order chi connectivity index (χ1) is 14.6. The zero-order chi connectivity index (χ0) is 22.6. The van der Waals surface area contributed by atoms with Gasteiger partial charge in [-0.2, -0.15) is 5.10 Å². The molecule has 1 aliphatic carbocycles. The van der Waals surface area contributed by atoms with E-state index in [-0.39, 0.29) is 25.4 Å². The molecule has 0 aliphatic heterocycles. The molecule has 0 unspecified atom stereocenters. The third-order valence-electron chi connectivity index (χ3n) is 4.82. The van der Waals surface area contributed by atoms with Crippen LogP contribution in [-0.4, -0.2) is 32.9 Å². The minimum Gasteiger partial charge on any atom is -0.489 e. The van der Waals surface area contributed by atoms with Gasteiger partial charge < -0.3 is 9.47 Å². The number of benzene rings is 1. The lowest BCUT2D eigenvalue weighted by Crippen LogP contribution is -2.23. The molecule has 0 atom stereocenters. The molecular weight excluding hydrogens is 404 g/mol. The molecule has 0 N–H and O–H groups in total. The molecule has 0 amide bonds. The van der Waals surface area contributed by atoms with E-state index < -0.39 is 11.3 Å². The van der Waals surface area contributed by atoms with Crippen LogP contribution in [0.3, 0.4) is 0 Å². The molecule has 0 saturated heterocycles. The smallest absolute Gasteiger partial charge is 0.306 e. The molecule has 3 rings (SSSR count). The highest BCUT2D eigenvalue weighted by Gasteiger charge is 2.49. The van der Waals surface area contributed by atoms with Crippen molar-refractivity contribution in [2.24, 2.45) is 0 Å². The highest BCUT2D eigenvalue weighted by molar-refractivity contribution is 5.70. The Morgan fingerprint density at radius 1 is 1.23 bits per heavy atom. The quantitative estimate of drug-likeness (QED) is 0.504. The summed E-state index contributed by atoms with van der Waals surface area (Å²) in [6.07, 6.45) is 1.73. The average Bonchev–Trinajstić information content (AvgIpc) is 3.31. The van der Waals surface area contributed by atoms with Gasteiger partial charge in [0.05, 0.1) is 6.33 Å². The van der Waals surface area contributed by atoms with Gasteiger partial charge >= 0.3 is 5.97 Å². The first-order valence-electron chi connectivity index (χ1n) is 10.5. The summed E-state index contributed by atoms with van der Waals surface area (Å²) < 4.78 is 40.1. The van der Waals surface area contributed by atoms with Crippen molar-refractivity contribution >= 4 is 5.97 Å². The Labute approximate surface area is 181 Å². The maximum Gasteiger partial charge on any atom is 0.306 e. The van der Waals surface area contributed by atoms with E-state index >= 15 is 0 Å². The Balaban J connectivity index is 1.56. The summed E-state index contributed by atoms with van der Waals surface area (Å²) in [5, 5.41) is 4.41. The van der Waals surface area contributed by atoms with Gasteiger partial charge in [0.2, 0.25) is 0 Å². The van der Waals surface area contributed by atoms with Gasteiger partial charge in [-0.25, -0.2) is 18.4 Å². The summed E-state index contributed by atoms with van der Waals surface area (Å²) in [4.78, 5) is 16.2. The van der Waals surface area contributed by atoms with E-state index in [9.17, 15) is 13.6 Å². The molecule has 1 aromatic heterocycles. The van der Waals surface area contributed by atoms with Crippen molar-refractivity contribution in [3.8, 4) is 17.1 Å². The van der Waals surface area contributed by atoms with Crippen LogP contribution in [0.1, 0.15) is 59.2 Å². The third-order valence-corrected chi connectivity index (χ3v) is 4.82. The number of alkyl halides is 1. The minimum absolute atomic E-state index is 0.0237. The average molecular weight is 433 g/mol. The Morgan fingerprint density at radius 2 is 1.90 bits per heavy atom. The first kappa shape index (κ1) is 22.9. The molecular formula is C23H29F2N3O3. The Hall–Kier alpha value is -2.77. The number of esters is 1. The van der Waals surface area contributed by atoms with Crippen LogP contribution in [0.5, 0.6) is 5.75 Å². The van der Waals surface area contributed by atoms with Gasteiger partial charge in [0.1, 0.15) is 18.0 Å². The fraction of sp³-hybridized carbons (Fsp3) is 0.522. The fourth-order valence-electron chi connectivity index (χ4n) is 3.04. The summed E-state index contributed by atoms with van der Waals surface area (Å²) in [7, 11) is 0. The van der Waals surface area contributed by atoms with Crippen molar-refractivity contribution in [2.45, 2.75) is 71.2 Å². The molecule has 0 spiro atoms. The van der Waals surface area contributed by atoms with Crippen LogP contribution in [0.2, 0.25) is 0 Å². The largest absolute Gasteiger partial charge is 0.489 e. The molecule has 168 valence electrons. The van der Waals surface area contributed by atoms with Crippen LogP contribution in [0.4, 0.5) is 8.78 Å². The number of carbonyl (C=O) groups is 1. The van der Waals surface area contributed by atoms with Crippen LogP contribution in [0.15, 0.2) is 36.2 Å². The molecule has 8 heteroatoms. The maximum absolute atomic E-state index is 14.5. The Kier molecular flexibility index (Phi) is 6.77. The highest BCUT2D eigenvalue weighted by Crippen LogP contribution is 2.49. The predicted molar refractivity (Wildman–Crippen MR) is 113 cm³/mol. The first-order valence-corrected chi connectivity index (χ1v) is 10.5. The minimum atomic E-state index is -1.35. The molecule has 1 saturated carbocycles. The molecule has 31 heavy (non-hydrogen) atoms. The predicted octanol–water partition coefficient (Wildman–Crippen LogP) is 5.28. The van der Waals surface area contributed by atoms with Crippen LogP contribution < -0.4 is 4.74 Å². The van der Waals surface area contributed by atoms with Gasteiger partial charge in [0.25, 0.3) is 0 Å². The van der Waals surface area contributed by atoms with Gasteiger partial charge in [-0.1, -0.05) is 0 Å². The molecule has 0 bridgehead atoms. The van der Waals surface area contributed by atoms with Crippen LogP contribution >= 0.6 is 0 Å². The second-order valence-electron chi connectivity index (χ2n) is 8.71. The van der Waals surface area contributed by atoms with Crippen LogP contribution in [0, 0.1) is 0 Å². The van der Waals surface area contributed by atoms with E-state index in [0.29, 0.717) is 48.7 Å². The molecule has 1 aliphatic rings. The second kappa shape index (κ2) is 9.16. The van der Waals surface area contributed by atoms with E-state index in [1.165, 1.54) is 0 Å². The SMILES string of the molecule is CCn1nc(-c2ccc(OC/C(=C/F)CCC(=O)OC(C)(C)C)cc2)nc1C1(F)CC1. The van der Waals surface area contributed by atoms with Crippen molar-refractivity contribution in [1.29, 1.82) is 0 Å². The van der Waals surface area contributed by atoms with Crippen molar-refractivity contribution < 1.29 is 23.0 Å². The van der Waals surface area contributed by atoms with Crippen molar-refractivity contribution in [1.82, 2.24) is 14.8 Å². The van der Waals surface area contributed by atoms with Crippen LogP contribution in [-0.2, 0) is 21.7 Å². The van der Waals surface area contributed by atoms with E-state index in [1.54, 1.807) is 49.7 Å². The normalized spacial score (nSPS) is 15.6. The number of rotatable bonds is 9. The van der Waals surface area contributed by atoms with E-state index in [4.69, 9.17) is 9.47 Å².